The fourth-order valence-corrected chi connectivity index (χ4v) is 4.27. The zero-order valence-corrected chi connectivity index (χ0v) is 17.9. The summed E-state index contributed by atoms with van der Waals surface area (Å²) in [6, 6.07) is 15.7. The van der Waals surface area contributed by atoms with E-state index >= 15 is 0 Å². The second-order valence-corrected chi connectivity index (χ2v) is 8.03. The van der Waals surface area contributed by atoms with E-state index in [-0.39, 0.29) is 23.1 Å². The predicted molar refractivity (Wildman–Crippen MR) is 123 cm³/mol. The molecule has 1 fully saturated rings. The first-order valence-electron chi connectivity index (χ1n) is 10.9. The van der Waals surface area contributed by atoms with Crippen molar-refractivity contribution in [1.29, 1.82) is 0 Å². The van der Waals surface area contributed by atoms with E-state index in [9.17, 15) is 14.7 Å². The molecule has 4 aromatic rings. The van der Waals surface area contributed by atoms with E-state index in [0.29, 0.717) is 30.7 Å². The predicted octanol–water partition coefficient (Wildman–Crippen LogP) is 3.05. The number of likely N-dealkylation sites (tertiary alicyclic amines) is 1. The van der Waals surface area contributed by atoms with Gasteiger partial charge in [-0.2, -0.15) is 5.10 Å². The molecule has 5 rings (SSSR count). The van der Waals surface area contributed by atoms with Gasteiger partial charge in [-0.1, -0.05) is 30.3 Å². The Morgan fingerprint density at radius 2 is 1.97 bits per heavy atom. The van der Waals surface area contributed by atoms with Crippen molar-refractivity contribution >= 4 is 22.6 Å². The van der Waals surface area contributed by atoms with Crippen molar-refractivity contribution in [3.63, 3.8) is 0 Å². The summed E-state index contributed by atoms with van der Waals surface area (Å²) < 4.78 is 1.65. The third-order valence-corrected chi connectivity index (χ3v) is 5.96. The number of hydrogen-bond donors (Lipinski definition) is 2. The first kappa shape index (κ1) is 20.7. The van der Waals surface area contributed by atoms with Crippen LogP contribution >= 0.6 is 0 Å². The smallest absolute Gasteiger partial charge is 0.258 e. The van der Waals surface area contributed by atoms with Gasteiger partial charge in [-0.3, -0.25) is 9.59 Å². The summed E-state index contributed by atoms with van der Waals surface area (Å²) in [7, 11) is 0. The third-order valence-electron chi connectivity index (χ3n) is 5.96. The molecule has 2 N–H and O–H groups in total. The molecule has 33 heavy (non-hydrogen) atoms. The van der Waals surface area contributed by atoms with E-state index in [1.165, 1.54) is 0 Å². The number of nitrogens with one attached hydrogen (secondary N) is 1. The van der Waals surface area contributed by atoms with Gasteiger partial charge in [0, 0.05) is 37.1 Å². The molecule has 1 aliphatic rings. The van der Waals surface area contributed by atoms with Crippen LogP contribution in [0.5, 0.6) is 5.75 Å². The van der Waals surface area contributed by atoms with Crippen LogP contribution in [0.25, 0.3) is 16.6 Å². The van der Waals surface area contributed by atoms with E-state index in [4.69, 9.17) is 0 Å². The van der Waals surface area contributed by atoms with Crippen molar-refractivity contribution in [2.75, 3.05) is 6.54 Å². The molecule has 8 nitrogen and oxygen atoms in total. The van der Waals surface area contributed by atoms with Crippen LogP contribution in [0.15, 0.2) is 73.2 Å². The molecule has 2 aromatic heterocycles. The van der Waals surface area contributed by atoms with Crippen molar-refractivity contribution in [1.82, 2.24) is 25.0 Å². The Morgan fingerprint density at radius 3 is 2.82 bits per heavy atom. The minimum absolute atomic E-state index is 0.0490. The Hall–Kier alpha value is -4.20. The molecule has 0 radical (unpaired) electrons. The van der Waals surface area contributed by atoms with E-state index in [0.717, 1.165) is 17.4 Å². The molecule has 1 atom stereocenters. The Balaban J connectivity index is 1.30. The van der Waals surface area contributed by atoms with Crippen LogP contribution in [0.1, 0.15) is 28.8 Å². The van der Waals surface area contributed by atoms with Crippen molar-refractivity contribution in [2.45, 2.75) is 25.4 Å². The molecule has 3 heterocycles. The highest BCUT2D eigenvalue weighted by atomic mass is 16.3. The maximum Gasteiger partial charge on any atom is 0.258 e. The number of carbonyl (C=O) groups excluding carboxylic acids is 2. The standard InChI is InChI=1S/C25H23N5O3/c31-23-19-6-2-1-5-18(19)8-9-20(23)25(33)29-13-3-7-21(29)24(32)27-16-17-10-12-26-22(15-17)30-14-4-11-28-30/h1-2,4-6,8-12,14-15,21,31H,3,7,13,16H2,(H,27,32). The third kappa shape index (κ3) is 4.03. The van der Waals surface area contributed by atoms with Gasteiger partial charge in [0.15, 0.2) is 5.82 Å². The van der Waals surface area contributed by atoms with Crippen molar-refractivity contribution in [3.05, 3.63) is 84.3 Å². The average Bonchev–Trinajstić information content (AvgIpc) is 3.55. The molecular formula is C25H23N5O3. The molecule has 1 saturated heterocycles. The van der Waals surface area contributed by atoms with Crippen molar-refractivity contribution < 1.29 is 14.7 Å². The van der Waals surface area contributed by atoms with Gasteiger partial charge in [0.25, 0.3) is 5.91 Å². The van der Waals surface area contributed by atoms with Crippen LogP contribution in [-0.4, -0.2) is 49.2 Å². The molecule has 0 spiro atoms. The lowest BCUT2D eigenvalue weighted by molar-refractivity contribution is -0.125. The van der Waals surface area contributed by atoms with Gasteiger partial charge in [-0.05, 0) is 48.1 Å². The summed E-state index contributed by atoms with van der Waals surface area (Å²) in [6.45, 7) is 0.789. The highest BCUT2D eigenvalue weighted by Crippen LogP contribution is 2.31. The average molecular weight is 441 g/mol. The highest BCUT2D eigenvalue weighted by molar-refractivity contribution is 6.05. The molecule has 166 valence electrons. The van der Waals surface area contributed by atoms with Crippen molar-refractivity contribution in [2.24, 2.45) is 0 Å². The van der Waals surface area contributed by atoms with Gasteiger partial charge in [-0.25, -0.2) is 9.67 Å². The molecule has 0 aliphatic carbocycles. The van der Waals surface area contributed by atoms with E-state index < -0.39 is 6.04 Å². The SMILES string of the molecule is O=C(NCc1ccnc(-n2cccn2)c1)C1CCCN1C(=O)c1ccc2ccccc2c1O. The summed E-state index contributed by atoms with van der Waals surface area (Å²) in [5, 5.41) is 19.3. The number of rotatable bonds is 5. The fraction of sp³-hybridized carbons (Fsp3) is 0.200. The number of fused-ring (bicyclic) bond motifs is 1. The van der Waals surface area contributed by atoms with Gasteiger partial charge in [0.05, 0.1) is 5.56 Å². The van der Waals surface area contributed by atoms with Crippen LogP contribution < -0.4 is 5.32 Å². The minimum atomic E-state index is -0.573. The number of aromatic nitrogens is 3. The summed E-state index contributed by atoms with van der Waals surface area (Å²) in [6.07, 6.45) is 6.47. The number of aromatic hydroxyl groups is 1. The molecule has 1 unspecified atom stereocenters. The number of pyridine rings is 1. The second-order valence-electron chi connectivity index (χ2n) is 8.03. The Kier molecular flexibility index (Phi) is 5.48. The lowest BCUT2D eigenvalue weighted by atomic mass is 10.0. The van der Waals surface area contributed by atoms with Crippen LogP contribution in [0.4, 0.5) is 0 Å². The van der Waals surface area contributed by atoms with Crippen LogP contribution in [0.2, 0.25) is 0 Å². The number of phenols is 1. The Morgan fingerprint density at radius 1 is 1.09 bits per heavy atom. The molecule has 8 heteroatoms. The first-order chi connectivity index (χ1) is 16.1. The van der Waals surface area contributed by atoms with Crippen LogP contribution in [0.3, 0.4) is 0 Å². The van der Waals surface area contributed by atoms with Crippen LogP contribution in [0, 0.1) is 0 Å². The van der Waals surface area contributed by atoms with Gasteiger partial charge >= 0.3 is 0 Å². The number of phenolic OH excluding ortho intramolecular Hbond substituents is 1. The summed E-state index contributed by atoms with van der Waals surface area (Å²) in [4.78, 5) is 32.1. The largest absolute Gasteiger partial charge is 0.506 e. The monoisotopic (exact) mass is 441 g/mol. The lowest BCUT2D eigenvalue weighted by Gasteiger charge is -2.24. The number of carbonyl (C=O) groups is 2. The number of benzene rings is 2. The number of amides is 2. The van der Waals surface area contributed by atoms with Gasteiger partial charge in [-0.15, -0.1) is 0 Å². The highest BCUT2D eigenvalue weighted by Gasteiger charge is 2.35. The first-order valence-corrected chi connectivity index (χ1v) is 10.9. The van der Waals surface area contributed by atoms with Crippen LogP contribution in [-0.2, 0) is 11.3 Å². The maximum atomic E-state index is 13.2. The Labute approximate surface area is 190 Å². The van der Waals surface area contributed by atoms with Crippen molar-refractivity contribution in [3.8, 4) is 11.6 Å². The lowest BCUT2D eigenvalue weighted by Crippen LogP contribution is -2.45. The maximum absolute atomic E-state index is 13.2. The molecule has 2 aromatic carbocycles. The van der Waals surface area contributed by atoms with Gasteiger partial charge in [0.1, 0.15) is 11.8 Å². The van der Waals surface area contributed by atoms with E-state index in [1.54, 1.807) is 40.3 Å². The minimum Gasteiger partial charge on any atom is -0.506 e. The summed E-state index contributed by atoms with van der Waals surface area (Å²) >= 11 is 0. The molecule has 2 amide bonds. The zero-order chi connectivity index (χ0) is 22.8. The normalized spacial score (nSPS) is 15.6. The molecular weight excluding hydrogens is 418 g/mol. The molecule has 0 saturated carbocycles. The fourth-order valence-electron chi connectivity index (χ4n) is 4.27. The quantitative estimate of drug-likeness (QED) is 0.496. The summed E-state index contributed by atoms with van der Waals surface area (Å²) in [5.41, 5.74) is 1.10. The summed E-state index contributed by atoms with van der Waals surface area (Å²) in [5.74, 6) is 0.0719. The molecule has 1 aliphatic heterocycles. The second kappa shape index (κ2) is 8.74. The van der Waals surface area contributed by atoms with Gasteiger partial charge < -0.3 is 15.3 Å². The Bertz CT molecular complexity index is 1320. The molecule has 0 bridgehead atoms. The zero-order valence-electron chi connectivity index (χ0n) is 17.9. The number of hydrogen-bond acceptors (Lipinski definition) is 5. The van der Waals surface area contributed by atoms with Gasteiger partial charge in [0.2, 0.25) is 5.91 Å². The number of nitrogens with zero attached hydrogens (tertiary/aromatic N) is 4. The van der Waals surface area contributed by atoms with E-state index in [2.05, 4.69) is 15.4 Å². The van der Waals surface area contributed by atoms with E-state index in [1.807, 2.05) is 42.5 Å². The topological polar surface area (TPSA) is 100 Å².